The maximum Gasteiger partial charge on any atom is 0.246 e. The quantitative estimate of drug-likeness (QED) is 0.833. The minimum absolute atomic E-state index is 0.0318. The zero-order chi connectivity index (χ0) is 14.4. The van der Waals surface area contributed by atoms with Crippen molar-refractivity contribution in [2.24, 2.45) is 0 Å². The number of carbonyl (C=O) groups is 1. The van der Waals surface area contributed by atoms with E-state index in [2.05, 4.69) is 15.6 Å². The van der Waals surface area contributed by atoms with Crippen LogP contribution in [0.1, 0.15) is 5.69 Å². The molecule has 7 nitrogen and oxygen atoms in total. The molecule has 0 aliphatic carbocycles. The van der Waals surface area contributed by atoms with E-state index in [1.165, 1.54) is 7.11 Å². The van der Waals surface area contributed by atoms with E-state index in [0.29, 0.717) is 12.2 Å². The van der Waals surface area contributed by atoms with Crippen LogP contribution in [0.4, 0.5) is 0 Å². The van der Waals surface area contributed by atoms with Crippen molar-refractivity contribution < 1.29 is 14.3 Å². The van der Waals surface area contributed by atoms with Gasteiger partial charge in [0.2, 0.25) is 5.91 Å². The molecule has 0 aliphatic rings. The third-order valence-electron chi connectivity index (χ3n) is 2.60. The van der Waals surface area contributed by atoms with Gasteiger partial charge in [-0.15, -0.1) is 5.10 Å². The second-order valence-electron chi connectivity index (χ2n) is 4.07. The molecule has 7 heteroatoms. The summed E-state index contributed by atoms with van der Waals surface area (Å²) in [4.78, 5) is 11.3. The maximum absolute atomic E-state index is 11.3. The minimum atomic E-state index is -0.191. The summed E-state index contributed by atoms with van der Waals surface area (Å²) in [5.41, 5.74) is 1.50. The summed E-state index contributed by atoms with van der Waals surface area (Å²) in [6.45, 7) is 0.343. The third kappa shape index (κ3) is 3.55. The molecule has 0 saturated carbocycles. The minimum Gasteiger partial charge on any atom is -0.497 e. The Morgan fingerprint density at radius 1 is 1.40 bits per heavy atom. The van der Waals surface area contributed by atoms with Crippen LogP contribution in [0.15, 0.2) is 30.5 Å². The first kappa shape index (κ1) is 14.0. The Morgan fingerprint density at radius 3 is 3.00 bits per heavy atom. The molecule has 0 bridgehead atoms. The number of hydrogen-bond acceptors (Lipinski definition) is 5. The number of amides is 1. The topological polar surface area (TPSA) is 78.3 Å². The molecule has 2 aromatic rings. The second kappa shape index (κ2) is 6.67. The van der Waals surface area contributed by atoms with Crippen molar-refractivity contribution in [3.8, 4) is 11.4 Å². The number of ether oxygens (including phenoxy) is 2. The Kier molecular flexibility index (Phi) is 4.67. The number of nitrogens with zero attached hydrogens (tertiary/aromatic N) is 3. The van der Waals surface area contributed by atoms with Crippen molar-refractivity contribution in [3.63, 3.8) is 0 Å². The van der Waals surface area contributed by atoms with Gasteiger partial charge in [-0.25, -0.2) is 4.68 Å². The molecule has 1 amide bonds. The second-order valence-corrected chi connectivity index (χ2v) is 4.07. The van der Waals surface area contributed by atoms with Crippen molar-refractivity contribution in [3.05, 3.63) is 36.2 Å². The van der Waals surface area contributed by atoms with E-state index in [9.17, 15) is 4.79 Å². The van der Waals surface area contributed by atoms with Crippen LogP contribution >= 0.6 is 0 Å². The highest BCUT2D eigenvalue weighted by atomic mass is 16.5. The smallest absolute Gasteiger partial charge is 0.246 e. The van der Waals surface area contributed by atoms with Crippen molar-refractivity contribution in [2.75, 3.05) is 20.8 Å². The van der Waals surface area contributed by atoms with Gasteiger partial charge >= 0.3 is 0 Å². The number of rotatable bonds is 6. The largest absolute Gasteiger partial charge is 0.497 e. The summed E-state index contributed by atoms with van der Waals surface area (Å²) in [6.07, 6.45) is 1.75. The molecule has 1 aromatic heterocycles. The van der Waals surface area contributed by atoms with Crippen molar-refractivity contribution in [2.45, 2.75) is 6.54 Å². The fourth-order valence-corrected chi connectivity index (χ4v) is 1.63. The average Bonchev–Trinajstić information content (AvgIpc) is 2.94. The zero-order valence-corrected chi connectivity index (χ0v) is 11.4. The van der Waals surface area contributed by atoms with E-state index >= 15 is 0 Å². The average molecular weight is 276 g/mol. The number of aromatic nitrogens is 3. The van der Waals surface area contributed by atoms with Gasteiger partial charge in [0.25, 0.3) is 0 Å². The van der Waals surface area contributed by atoms with Crippen molar-refractivity contribution in [1.82, 2.24) is 20.3 Å². The van der Waals surface area contributed by atoms with Crippen LogP contribution in [0.25, 0.3) is 5.69 Å². The summed E-state index contributed by atoms with van der Waals surface area (Å²) >= 11 is 0. The number of benzene rings is 1. The maximum atomic E-state index is 11.3. The molecule has 0 radical (unpaired) electrons. The fourth-order valence-electron chi connectivity index (χ4n) is 1.63. The first-order valence-electron chi connectivity index (χ1n) is 6.04. The Bertz CT molecular complexity index is 583. The molecule has 0 unspecified atom stereocenters. The highest BCUT2D eigenvalue weighted by Crippen LogP contribution is 2.15. The van der Waals surface area contributed by atoms with E-state index in [4.69, 9.17) is 9.47 Å². The summed E-state index contributed by atoms with van der Waals surface area (Å²) in [5, 5.41) is 10.7. The Labute approximate surface area is 116 Å². The summed E-state index contributed by atoms with van der Waals surface area (Å²) in [6, 6.07) is 7.47. The molecule has 0 spiro atoms. The Morgan fingerprint density at radius 2 is 2.25 bits per heavy atom. The summed E-state index contributed by atoms with van der Waals surface area (Å²) in [7, 11) is 3.08. The molecule has 1 N–H and O–H groups in total. The van der Waals surface area contributed by atoms with E-state index in [0.717, 1.165) is 11.4 Å². The van der Waals surface area contributed by atoms with Crippen LogP contribution in [0.3, 0.4) is 0 Å². The van der Waals surface area contributed by atoms with Crippen LogP contribution in [0.5, 0.6) is 5.75 Å². The van der Waals surface area contributed by atoms with Crippen LogP contribution in [0, 0.1) is 0 Å². The normalized spacial score (nSPS) is 10.3. The third-order valence-corrected chi connectivity index (χ3v) is 2.60. The lowest BCUT2D eigenvalue weighted by atomic mass is 10.3. The lowest BCUT2D eigenvalue weighted by molar-refractivity contribution is -0.124. The van der Waals surface area contributed by atoms with Gasteiger partial charge in [0.1, 0.15) is 18.1 Å². The predicted molar refractivity (Wildman–Crippen MR) is 71.6 cm³/mol. The molecule has 20 heavy (non-hydrogen) atoms. The number of nitrogens with one attached hydrogen (secondary N) is 1. The summed E-state index contributed by atoms with van der Waals surface area (Å²) < 4.78 is 11.5. The predicted octanol–water partition coefficient (Wildman–Crippen LogP) is 0.538. The van der Waals surface area contributed by atoms with Crippen LogP contribution < -0.4 is 10.1 Å². The Balaban J connectivity index is 2.03. The van der Waals surface area contributed by atoms with Crippen molar-refractivity contribution in [1.29, 1.82) is 0 Å². The van der Waals surface area contributed by atoms with Gasteiger partial charge in [0, 0.05) is 13.2 Å². The molecular weight excluding hydrogens is 260 g/mol. The molecule has 0 saturated heterocycles. The molecule has 2 rings (SSSR count). The van der Waals surface area contributed by atoms with Gasteiger partial charge < -0.3 is 14.8 Å². The van der Waals surface area contributed by atoms with E-state index in [1.54, 1.807) is 18.0 Å². The molecule has 1 heterocycles. The van der Waals surface area contributed by atoms with Crippen LogP contribution in [-0.4, -0.2) is 41.7 Å². The van der Waals surface area contributed by atoms with Gasteiger partial charge in [-0.3, -0.25) is 4.79 Å². The van der Waals surface area contributed by atoms with Gasteiger partial charge in [-0.2, -0.15) is 0 Å². The van der Waals surface area contributed by atoms with E-state index in [-0.39, 0.29) is 12.5 Å². The van der Waals surface area contributed by atoms with Crippen LogP contribution in [-0.2, 0) is 16.1 Å². The molecule has 106 valence electrons. The first-order chi connectivity index (χ1) is 9.72. The number of carbonyl (C=O) groups excluding carboxylic acids is 1. The lowest BCUT2D eigenvalue weighted by Gasteiger charge is -2.03. The standard InChI is InChI=1S/C13H16N4O3/c1-19-9-13(18)14-7-10-8-17(16-15-10)11-4-3-5-12(6-11)20-2/h3-6,8H,7,9H2,1-2H3,(H,14,18). The van der Waals surface area contributed by atoms with Gasteiger partial charge in [0.15, 0.2) is 0 Å². The lowest BCUT2D eigenvalue weighted by Crippen LogP contribution is -2.26. The Hall–Kier alpha value is -2.41. The first-order valence-corrected chi connectivity index (χ1v) is 6.04. The highest BCUT2D eigenvalue weighted by molar-refractivity contribution is 5.77. The highest BCUT2D eigenvalue weighted by Gasteiger charge is 2.05. The fraction of sp³-hybridized carbons (Fsp3) is 0.308. The van der Waals surface area contributed by atoms with Gasteiger partial charge in [-0.05, 0) is 12.1 Å². The monoisotopic (exact) mass is 276 g/mol. The molecule has 0 fully saturated rings. The molecule has 0 atom stereocenters. The molecule has 1 aromatic carbocycles. The van der Waals surface area contributed by atoms with E-state index in [1.807, 2.05) is 24.3 Å². The van der Waals surface area contributed by atoms with Crippen LogP contribution in [0.2, 0.25) is 0 Å². The summed E-state index contributed by atoms with van der Waals surface area (Å²) in [5.74, 6) is 0.552. The molecular formula is C13H16N4O3. The van der Waals surface area contributed by atoms with Gasteiger partial charge in [0.05, 0.1) is 25.5 Å². The number of hydrogen-bond donors (Lipinski definition) is 1. The SMILES string of the molecule is COCC(=O)NCc1cn(-c2cccc(OC)c2)nn1. The van der Waals surface area contributed by atoms with Gasteiger partial charge in [-0.1, -0.05) is 11.3 Å². The van der Waals surface area contributed by atoms with Crippen molar-refractivity contribution >= 4 is 5.91 Å². The zero-order valence-electron chi connectivity index (χ0n) is 11.4. The van der Waals surface area contributed by atoms with E-state index < -0.39 is 0 Å². The molecule has 0 aliphatic heterocycles. The number of methoxy groups -OCH3 is 2.